The number of thioether (sulfide) groups is 1. The van der Waals surface area contributed by atoms with Crippen molar-refractivity contribution in [3.8, 4) is 0 Å². The molecule has 1 heterocycles. The van der Waals surface area contributed by atoms with Crippen LogP contribution in [0.25, 0.3) is 0 Å². The molecule has 0 aromatic heterocycles. The maximum absolute atomic E-state index is 12.6. The molecule has 146 valence electrons. The Labute approximate surface area is 168 Å². The fourth-order valence-electron chi connectivity index (χ4n) is 2.96. The fraction of sp³-hybridized carbons (Fsp3) is 0.286. The summed E-state index contributed by atoms with van der Waals surface area (Å²) in [6, 6.07) is 18.0. The van der Waals surface area contributed by atoms with Crippen molar-refractivity contribution in [3.63, 3.8) is 0 Å². The monoisotopic (exact) mass is 397 g/mol. The van der Waals surface area contributed by atoms with E-state index in [2.05, 4.69) is 10.6 Å². The molecule has 1 fully saturated rings. The number of hydrogen-bond donors (Lipinski definition) is 2. The van der Waals surface area contributed by atoms with E-state index in [9.17, 15) is 14.4 Å². The van der Waals surface area contributed by atoms with E-state index in [0.29, 0.717) is 36.7 Å². The summed E-state index contributed by atoms with van der Waals surface area (Å²) >= 11 is 1.56. The Balaban J connectivity index is 1.43. The Morgan fingerprint density at radius 1 is 0.929 bits per heavy atom. The minimum absolute atomic E-state index is 0.0854. The minimum Gasteiger partial charge on any atom is -0.354 e. The van der Waals surface area contributed by atoms with Gasteiger partial charge in [-0.05, 0) is 17.7 Å². The summed E-state index contributed by atoms with van der Waals surface area (Å²) in [6.45, 7) is 0.678. The van der Waals surface area contributed by atoms with E-state index in [1.165, 1.54) is 0 Å². The van der Waals surface area contributed by atoms with Crippen molar-refractivity contribution in [2.24, 2.45) is 0 Å². The Kier molecular flexibility index (Phi) is 7.08. The van der Waals surface area contributed by atoms with E-state index >= 15 is 0 Å². The number of amides is 3. The molecule has 1 aliphatic rings. The molecule has 0 spiro atoms. The number of carbonyl (C=O) groups excluding carboxylic acids is 3. The van der Waals surface area contributed by atoms with Crippen molar-refractivity contribution in [1.29, 1.82) is 0 Å². The first-order chi connectivity index (χ1) is 13.6. The lowest BCUT2D eigenvalue weighted by molar-refractivity contribution is -0.125. The Bertz CT molecular complexity index is 814. The molecule has 2 N–H and O–H groups in total. The molecule has 3 amide bonds. The molecular formula is C21H23N3O3S. The summed E-state index contributed by atoms with van der Waals surface area (Å²) in [7, 11) is 0. The van der Waals surface area contributed by atoms with E-state index < -0.39 is 6.04 Å². The van der Waals surface area contributed by atoms with Crippen molar-refractivity contribution in [1.82, 2.24) is 15.5 Å². The van der Waals surface area contributed by atoms with Crippen LogP contribution in [0.2, 0.25) is 0 Å². The van der Waals surface area contributed by atoms with Crippen molar-refractivity contribution in [3.05, 3.63) is 71.8 Å². The zero-order valence-electron chi connectivity index (χ0n) is 15.5. The number of carbonyl (C=O) groups is 3. The molecule has 0 bridgehead atoms. The number of nitrogens with one attached hydrogen (secondary N) is 2. The molecule has 0 saturated carbocycles. The fourth-order valence-corrected chi connectivity index (χ4v) is 4.11. The van der Waals surface area contributed by atoms with E-state index in [-0.39, 0.29) is 17.7 Å². The summed E-state index contributed by atoms with van der Waals surface area (Å²) in [6.07, 6.45) is 0.313. The highest BCUT2D eigenvalue weighted by molar-refractivity contribution is 7.99. The van der Waals surface area contributed by atoms with Crippen LogP contribution in [0.4, 0.5) is 0 Å². The SMILES string of the molecule is O=C(Cc1ccccc1)NCCNC(=O)[C@@H]1CSCN1C(=O)c1ccccc1. The highest BCUT2D eigenvalue weighted by Gasteiger charge is 2.34. The van der Waals surface area contributed by atoms with Crippen LogP contribution in [-0.4, -0.2) is 53.4 Å². The maximum atomic E-state index is 12.6. The van der Waals surface area contributed by atoms with Crippen molar-refractivity contribution < 1.29 is 14.4 Å². The first-order valence-corrected chi connectivity index (χ1v) is 10.3. The molecule has 1 aliphatic heterocycles. The molecule has 2 aromatic rings. The molecule has 0 unspecified atom stereocenters. The molecule has 28 heavy (non-hydrogen) atoms. The van der Waals surface area contributed by atoms with Gasteiger partial charge in [-0.25, -0.2) is 0 Å². The van der Waals surface area contributed by atoms with Gasteiger partial charge in [0.05, 0.1) is 12.3 Å². The normalized spacial score (nSPS) is 15.9. The molecule has 2 aromatic carbocycles. The first-order valence-electron chi connectivity index (χ1n) is 9.17. The van der Waals surface area contributed by atoms with Crippen LogP contribution in [0.5, 0.6) is 0 Å². The second-order valence-electron chi connectivity index (χ2n) is 6.46. The van der Waals surface area contributed by atoms with Gasteiger partial charge in [0.1, 0.15) is 6.04 Å². The predicted molar refractivity (Wildman–Crippen MR) is 110 cm³/mol. The minimum atomic E-state index is -0.488. The zero-order chi connectivity index (χ0) is 19.8. The van der Waals surface area contributed by atoms with Gasteiger partial charge in [0.15, 0.2) is 0 Å². The van der Waals surface area contributed by atoms with Crippen LogP contribution in [0, 0.1) is 0 Å². The number of nitrogens with zero attached hydrogens (tertiary/aromatic N) is 1. The lowest BCUT2D eigenvalue weighted by Gasteiger charge is -2.23. The number of rotatable bonds is 7. The van der Waals surface area contributed by atoms with Gasteiger partial charge in [-0.3, -0.25) is 14.4 Å². The van der Waals surface area contributed by atoms with Gasteiger partial charge in [-0.1, -0.05) is 48.5 Å². The predicted octanol–water partition coefficient (Wildman–Crippen LogP) is 1.68. The molecule has 3 rings (SSSR count). The van der Waals surface area contributed by atoms with E-state index in [1.54, 1.807) is 28.8 Å². The Hall–Kier alpha value is -2.80. The second-order valence-corrected chi connectivity index (χ2v) is 7.46. The quantitative estimate of drug-likeness (QED) is 0.697. The van der Waals surface area contributed by atoms with Gasteiger partial charge in [0.25, 0.3) is 5.91 Å². The summed E-state index contributed by atoms with van der Waals surface area (Å²) in [5, 5.41) is 5.62. The van der Waals surface area contributed by atoms with Gasteiger partial charge < -0.3 is 15.5 Å². The Morgan fingerprint density at radius 2 is 1.57 bits per heavy atom. The van der Waals surface area contributed by atoms with Crippen molar-refractivity contribution >= 4 is 29.5 Å². The Morgan fingerprint density at radius 3 is 2.29 bits per heavy atom. The van der Waals surface area contributed by atoms with Crippen LogP contribution >= 0.6 is 11.8 Å². The lowest BCUT2D eigenvalue weighted by atomic mass is 10.1. The number of benzene rings is 2. The van der Waals surface area contributed by atoms with Gasteiger partial charge in [-0.15, -0.1) is 11.8 Å². The zero-order valence-corrected chi connectivity index (χ0v) is 16.3. The molecule has 7 heteroatoms. The standard InChI is InChI=1S/C21H23N3O3S/c25-19(13-16-7-3-1-4-8-16)22-11-12-23-20(26)18-14-28-15-24(18)21(27)17-9-5-2-6-10-17/h1-10,18H,11-15H2,(H,22,25)(H,23,26)/t18-/m0/s1. The van der Waals surface area contributed by atoms with Gasteiger partial charge >= 0.3 is 0 Å². The van der Waals surface area contributed by atoms with Crippen LogP contribution in [0.3, 0.4) is 0 Å². The van der Waals surface area contributed by atoms with E-state index in [1.807, 2.05) is 48.5 Å². The van der Waals surface area contributed by atoms with Gasteiger partial charge in [0.2, 0.25) is 11.8 Å². The molecule has 0 radical (unpaired) electrons. The average Bonchev–Trinajstić information content (AvgIpc) is 3.22. The smallest absolute Gasteiger partial charge is 0.255 e. The second kappa shape index (κ2) is 9.94. The van der Waals surface area contributed by atoms with Crippen LogP contribution in [0.1, 0.15) is 15.9 Å². The van der Waals surface area contributed by atoms with Crippen molar-refractivity contribution in [2.45, 2.75) is 12.5 Å². The molecule has 0 aliphatic carbocycles. The average molecular weight is 398 g/mol. The third-order valence-electron chi connectivity index (χ3n) is 4.42. The topological polar surface area (TPSA) is 78.5 Å². The summed E-state index contributed by atoms with van der Waals surface area (Å²) < 4.78 is 0. The van der Waals surface area contributed by atoms with Crippen molar-refractivity contribution in [2.75, 3.05) is 24.7 Å². The number of hydrogen-bond acceptors (Lipinski definition) is 4. The summed E-state index contributed by atoms with van der Waals surface area (Å²) in [5.74, 6) is 0.663. The largest absolute Gasteiger partial charge is 0.354 e. The maximum Gasteiger partial charge on any atom is 0.255 e. The third-order valence-corrected chi connectivity index (χ3v) is 5.43. The summed E-state index contributed by atoms with van der Waals surface area (Å²) in [5.41, 5.74) is 1.53. The first kappa shape index (κ1) is 19.9. The van der Waals surface area contributed by atoms with Crippen LogP contribution in [0.15, 0.2) is 60.7 Å². The lowest BCUT2D eigenvalue weighted by Crippen LogP contribution is -2.48. The third kappa shape index (κ3) is 5.36. The highest BCUT2D eigenvalue weighted by atomic mass is 32.2. The van der Waals surface area contributed by atoms with E-state index in [0.717, 1.165) is 5.56 Å². The van der Waals surface area contributed by atoms with Crippen LogP contribution < -0.4 is 10.6 Å². The molecule has 1 saturated heterocycles. The van der Waals surface area contributed by atoms with Gasteiger partial charge in [-0.2, -0.15) is 0 Å². The highest BCUT2D eigenvalue weighted by Crippen LogP contribution is 2.23. The van der Waals surface area contributed by atoms with Crippen LogP contribution in [-0.2, 0) is 16.0 Å². The van der Waals surface area contributed by atoms with E-state index in [4.69, 9.17) is 0 Å². The van der Waals surface area contributed by atoms with Gasteiger partial charge in [0, 0.05) is 24.4 Å². The molecule has 1 atom stereocenters. The molecule has 6 nitrogen and oxygen atoms in total. The summed E-state index contributed by atoms with van der Waals surface area (Å²) in [4.78, 5) is 38.7. The molecular weight excluding hydrogens is 374 g/mol.